The van der Waals surface area contributed by atoms with Gasteiger partial charge in [0.25, 0.3) is 17.6 Å². The Morgan fingerprint density at radius 3 is 2.26 bits per heavy atom. The molecule has 0 atom stereocenters. The lowest BCUT2D eigenvalue weighted by atomic mass is 9.68. The zero-order valence-electron chi connectivity index (χ0n) is 18.6. The summed E-state index contributed by atoms with van der Waals surface area (Å²) in [6.45, 7) is 8.02. The van der Waals surface area contributed by atoms with Crippen molar-refractivity contribution in [2.45, 2.75) is 58.7 Å². The van der Waals surface area contributed by atoms with E-state index in [1.165, 1.54) is 29.7 Å². The van der Waals surface area contributed by atoms with Crippen LogP contribution in [0.2, 0.25) is 0 Å². The van der Waals surface area contributed by atoms with Gasteiger partial charge in [-0.3, -0.25) is 14.4 Å². The van der Waals surface area contributed by atoms with Gasteiger partial charge in [0.15, 0.2) is 0 Å². The Kier molecular flexibility index (Phi) is 5.54. The van der Waals surface area contributed by atoms with Gasteiger partial charge < -0.3 is 15.2 Å². The van der Waals surface area contributed by atoms with Gasteiger partial charge in [-0.2, -0.15) is 0 Å². The summed E-state index contributed by atoms with van der Waals surface area (Å²) in [4.78, 5) is 38.4. The number of carbonyl (C=O) groups excluding carboxylic acids is 3. The van der Waals surface area contributed by atoms with Crippen LogP contribution in [0, 0.1) is 26.6 Å². The lowest BCUT2D eigenvalue weighted by molar-refractivity contribution is -0.122. The molecular weight excluding hydrogens is 404 g/mol. The highest BCUT2D eigenvalue weighted by Crippen LogP contribution is 2.43. The number of carbonyl (C=O) groups is 3. The second-order valence-electron chi connectivity index (χ2n) is 9.02. The molecule has 1 aromatic carbocycles. The van der Waals surface area contributed by atoms with E-state index in [4.69, 9.17) is 0 Å². The third-order valence-electron chi connectivity index (χ3n) is 5.93. The standard InChI is InChI=1S/C23H27F2N3O3/c1-12-9-15(7-8-16(12)24)26-20(30)17-13(2)18(28(6)14(17)3)19(29)21(31)27-23(5)10-22(4,25)11-23/h7-9H,10-11H2,1-6H3,(H,26,30)(H,27,31). The van der Waals surface area contributed by atoms with Crippen LogP contribution < -0.4 is 10.6 Å². The van der Waals surface area contributed by atoms with Crippen molar-refractivity contribution in [3.8, 4) is 0 Å². The Balaban J connectivity index is 1.84. The molecule has 0 bridgehead atoms. The first-order valence-electron chi connectivity index (χ1n) is 10.0. The normalized spacial score (nSPS) is 22.6. The predicted molar refractivity (Wildman–Crippen MR) is 114 cm³/mol. The number of aryl methyl sites for hydroxylation is 1. The third-order valence-corrected chi connectivity index (χ3v) is 5.93. The average molecular weight is 431 g/mol. The molecule has 0 unspecified atom stereocenters. The van der Waals surface area contributed by atoms with E-state index in [1.54, 1.807) is 34.7 Å². The van der Waals surface area contributed by atoms with Gasteiger partial charge in [-0.15, -0.1) is 0 Å². The fraction of sp³-hybridized carbons (Fsp3) is 0.435. The predicted octanol–water partition coefficient (Wildman–Crippen LogP) is 3.92. The van der Waals surface area contributed by atoms with Crippen LogP contribution in [0.4, 0.5) is 14.5 Å². The van der Waals surface area contributed by atoms with E-state index in [0.29, 0.717) is 22.5 Å². The molecule has 166 valence electrons. The molecule has 0 aliphatic heterocycles. The number of ketones is 1. The maximum absolute atomic E-state index is 13.9. The SMILES string of the molecule is Cc1cc(NC(=O)c2c(C)c(C(=O)C(=O)NC3(C)CC(C)(F)C3)n(C)c2C)ccc1F. The molecule has 1 heterocycles. The van der Waals surface area contributed by atoms with Crippen LogP contribution >= 0.6 is 0 Å². The van der Waals surface area contributed by atoms with Crippen molar-refractivity contribution in [2.24, 2.45) is 7.05 Å². The molecule has 6 nitrogen and oxygen atoms in total. The first-order chi connectivity index (χ1) is 14.2. The number of alkyl halides is 1. The van der Waals surface area contributed by atoms with Crippen molar-refractivity contribution in [1.82, 2.24) is 9.88 Å². The number of nitrogens with zero attached hydrogens (tertiary/aromatic N) is 1. The summed E-state index contributed by atoms with van der Waals surface area (Å²) in [5.41, 5.74) is -0.0719. The third kappa shape index (κ3) is 4.24. The lowest BCUT2D eigenvalue weighted by Gasteiger charge is -2.48. The van der Waals surface area contributed by atoms with Crippen LogP contribution in [0.3, 0.4) is 0 Å². The number of hydrogen-bond donors (Lipinski definition) is 2. The summed E-state index contributed by atoms with van der Waals surface area (Å²) < 4.78 is 28.9. The number of hydrogen-bond acceptors (Lipinski definition) is 3. The highest BCUT2D eigenvalue weighted by Gasteiger charge is 2.51. The van der Waals surface area contributed by atoms with Crippen molar-refractivity contribution >= 4 is 23.3 Å². The van der Waals surface area contributed by atoms with Crippen LogP contribution in [-0.4, -0.2) is 33.4 Å². The number of anilines is 1. The Morgan fingerprint density at radius 2 is 1.71 bits per heavy atom. The summed E-state index contributed by atoms with van der Waals surface area (Å²) >= 11 is 0. The average Bonchev–Trinajstić information content (AvgIpc) is 2.84. The maximum Gasteiger partial charge on any atom is 0.294 e. The van der Waals surface area contributed by atoms with Crippen molar-refractivity contribution in [3.63, 3.8) is 0 Å². The Morgan fingerprint density at radius 1 is 1.10 bits per heavy atom. The highest BCUT2D eigenvalue weighted by atomic mass is 19.1. The molecule has 0 spiro atoms. The molecule has 1 aliphatic rings. The van der Waals surface area contributed by atoms with Crippen LogP contribution in [0.25, 0.3) is 0 Å². The first kappa shape index (κ1) is 22.7. The molecule has 31 heavy (non-hydrogen) atoms. The highest BCUT2D eigenvalue weighted by molar-refractivity contribution is 6.43. The second kappa shape index (κ2) is 7.59. The minimum Gasteiger partial charge on any atom is -0.344 e. The fourth-order valence-electron chi connectivity index (χ4n) is 4.65. The zero-order chi connectivity index (χ0) is 23.3. The molecule has 0 saturated heterocycles. The number of nitrogens with one attached hydrogen (secondary N) is 2. The van der Waals surface area contributed by atoms with Gasteiger partial charge in [0.2, 0.25) is 0 Å². The summed E-state index contributed by atoms with van der Waals surface area (Å²) in [7, 11) is 1.60. The summed E-state index contributed by atoms with van der Waals surface area (Å²) in [6.07, 6.45) is 0.268. The molecular formula is C23H27F2N3O3. The molecule has 2 aromatic rings. The Bertz CT molecular complexity index is 1090. The van der Waals surface area contributed by atoms with Crippen molar-refractivity contribution < 1.29 is 23.2 Å². The van der Waals surface area contributed by atoms with Crippen LogP contribution in [0.15, 0.2) is 18.2 Å². The molecule has 2 N–H and O–H groups in total. The van der Waals surface area contributed by atoms with Crippen LogP contribution in [-0.2, 0) is 11.8 Å². The second-order valence-corrected chi connectivity index (χ2v) is 9.02. The minimum atomic E-state index is -1.35. The summed E-state index contributed by atoms with van der Waals surface area (Å²) in [5, 5.41) is 5.34. The molecule has 0 radical (unpaired) electrons. The lowest BCUT2D eigenvalue weighted by Crippen LogP contribution is -2.61. The monoisotopic (exact) mass is 431 g/mol. The number of rotatable bonds is 5. The Hall–Kier alpha value is -3.03. The van der Waals surface area contributed by atoms with Gasteiger partial charge in [0, 0.05) is 36.8 Å². The number of Topliss-reactive ketones (excluding diaryl/α,β-unsaturated/α-hetero) is 1. The van der Waals surface area contributed by atoms with E-state index >= 15 is 0 Å². The fourth-order valence-corrected chi connectivity index (χ4v) is 4.65. The van der Waals surface area contributed by atoms with E-state index < -0.39 is 28.8 Å². The smallest absolute Gasteiger partial charge is 0.294 e. The zero-order valence-corrected chi connectivity index (χ0v) is 18.6. The van der Waals surface area contributed by atoms with Gasteiger partial charge in [0.1, 0.15) is 11.5 Å². The molecule has 1 saturated carbocycles. The van der Waals surface area contributed by atoms with E-state index in [1.807, 2.05) is 0 Å². The van der Waals surface area contributed by atoms with Crippen molar-refractivity contribution in [3.05, 3.63) is 52.1 Å². The number of amides is 2. The van der Waals surface area contributed by atoms with Gasteiger partial charge in [0.05, 0.1) is 11.3 Å². The quantitative estimate of drug-likeness (QED) is 0.556. The van der Waals surface area contributed by atoms with Gasteiger partial charge >= 0.3 is 0 Å². The number of aromatic nitrogens is 1. The van der Waals surface area contributed by atoms with E-state index in [-0.39, 0.29) is 29.9 Å². The maximum atomic E-state index is 13.9. The van der Waals surface area contributed by atoms with E-state index in [0.717, 1.165) is 0 Å². The molecule has 1 aliphatic carbocycles. The first-order valence-corrected chi connectivity index (χ1v) is 10.0. The molecule has 3 rings (SSSR count). The molecule has 1 aromatic heterocycles. The van der Waals surface area contributed by atoms with E-state index in [9.17, 15) is 23.2 Å². The van der Waals surface area contributed by atoms with Gasteiger partial charge in [-0.25, -0.2) is 8.78 Å². The largest absolute Gasteiger partial charge is 0.344 e. The topological polar surface area (TPSA) is 80.2 Å². The van der Waals surface area contributed by atoms with Crippen molar-refractivity contribution in [2.75, 3.05) is 5.32 Å². The molecule has 1 fully saturated rings. The van der Waals surface area contributed by atoms with Gasteiger partial charge in [-0.1, -0.05) is 0 Å². The summed E-state index contributed by atoms with van der Waals surface area (Å²) in [6, 6.07) is 4.22. The minimum absolute atomic E-state index is 0.0985. The molecule has 8 heteroatoms. The summed E-state index contributed by atoms with van der Waals surface area (Å²) in [5.74, 6) is -2.45. The van der Waals surface area contributed by atoms with E-state index in [2.05, 4.69) is 10.6 Å². The number of halogens is 2. The Labute approximate surface area is 180 Å². The molecule has 2 amide bonds. The van der Waals surface area contributed by atoms with Crippen LogP contribution in [0.1, 0.15) is 64.4 Å². The number of benzene rings is 1. The van der Waals surface area contributed by atoms with Gasteiger partial charge in [-0.05, 0) is 63.9 Å². The van der Waals surface area contributed by atoms with Crippen molar-refractivity contribution in [1.29, 1.82) is 0 Å². The van der Waals surface area contributed by atoms with Crippen LogP contribution in [0.5, 0.6) is 0 Å².